The molecule has 2 N–H and O–H groups in total. The summed E-state index contributed by atoms with van der Waals surface area (Å²) in [4.78, 5) is 22.7. The molecule has 0 aliphatic rings. The van der Waals surface area contributed by atoms with Gasteiger partial charge in [-0.15, -0.1) is 0 Å². The van der Waals surface area contributed by atoms with E-state index in [9.17, 15) is 4.79 Å². The highest BCUT2D eigenvalue weighted by Gasteiger charge is 2.10. The maximum absolute atomic E-state index is 11.0. The Bertz CT molecular complexity index is 541. The molecule has 0 spiro atoms. The van der Waals surface area contributed by atoms with Gasteiger partial charge >= 0.3 is 5.97 Å². The monoisotopic (exact) mass is 275 g/mol. The molecular formula is C13H17N5O2. The highest BCUT2D eigenvalue weighted by atomic mass is 16.4. The van der Waals surface area contributed by atoms with Gasteiger partial charge in [-0.05, 0) is 19.4 Å². The second-order valence-electron chi connectivity index (χ2n) is 4.37. The van der Waals surface area contributed by atoms with Gasteiger partial charge in [-0.1, -0.05) is 0 Å². The van der Waals surface area contributed by atoms with Gasteiger partial charge in [0.15, 0.2) is 0 Å². The van der Waals surface area contributed by atoms with E-state index in [0.717, 1.165) is 25.9 Å². The van der Waals surface area contributed by atoms with E-state index in [1.165, 1.54) is 12.5 Å². The van der Waals surface area contributed by atoms with Crippen molar-refractivity contribution in [2.24, 2.45) is 0 Å². The number of aryl methyl sites for hydroxylation is 1. The number of imidazole rings is 1. The molecule has 0 unspecified atom stereocenters. The number of aromatic carboxylic acids is 1. The smallest absolute Gasteiger partial charge is 0.339 e. The molecule has 7 heteroatoms. The van der Waals surface area contributed by atoms with Crippen LogP contribution in [0.15, 0.2) is 31.2 Å². The van der Waals surface area contributed by atoms with Gasteiger partial charge in [0.1, 0.15) is 11.9 Å². The third kappa shape index (κ3) is 4.13. The van der Waals surface area contributed by atoms with E-state index in [2.05, 4.69) is 20.3 Å². The zero-order valence-corrected chi connectivity index (χ0v) is 11.1. The minimum absolute atomic E-state index is 0.151. The van der Waals surface area contributed by atoms with Gasteiger partial charge in [0.05, 0.1) is 12.0 Å². The Morgan fingerprint density at radius 1 is 1.35 bits per heavy atom. The molecule has 2 rings (SSSR count). The summed E-state index contributed by atoms with van der Waals surface area (Å²) in [6.45, 7) is 2.20. The quantitative estimate of drug-likeness (QED) is 0.696. The summed E-state index contributed by atoms with van der Waals surface area (Å²) >= 11 is 0. The molecule has 0 aromatic carbocycles. The summed E-state index contributed by atoms with van der Waals surface area (Å²) in [5.41, 5.74) is 0.667. The van der Waals surface area contributed by atoms with Crippen LogP contribution in [0.4, 0.5) is 0 Å². The first kappa shape index (κ1) is 14.1. The molecule has 106 valence electrons. The molecule has 0 aliphatic heterocycles. The molecule has 0 saturated heterocycles. The van der Waals surface area contributed by atoms with E-state index in [1.807, 2.05) is 10.8 Å². The second-order valence-corrected chi connectivity index (χ2v) is 4.37. The van der Waals surface area contributed by atoms with Gasteiger partial charge in [-0.3, -0.25) is 0 Å². The molecule has 7 nitrogen and oxygen atoms in total. The zero-order chi connectivity index (χ0) is 14.2. The van der Waals surface area contributed by atoms with Gasteiger partial charge in [0, 0.05) is 31.7 Å². The van der Waals surface area contributed by atoms with Crippen molar-refractivity contribution in [3.05, 3.63) is 42.5 Å². The van der Waals surface area contributed by atoms with Gasteiger partial charge in [0.2, 0.25) is 0 Å². The molecule has 0 fully saturated rings. The fourth-order valence-corrected chi connectivity index (χ4v) is 1.84. The van der Waals surface area contributed by atoms with Crippen molar-refractivity contribution in [1.29, 1.82) is 0 Å². The predicted octanol–water partition coefficient (Wildman–Crippen LogP) is 0.941. The normalized spacial score (nSPS) is 10.6. The van der Waals surface area contributed by atoms with Crippen LogP contribution in [0.25, 0.3) is 0 Å². The Morgan fingerprint density at radius 3 is 3.00 bits per heavy atom. The summed E-state index contributed by atoms with van der Waals surface area (Å²) in [7, 11) is 0. The topological polar surface area (TPSA) is 92.9 Å². The number of hydrogen-bond donors (Lipinski definition) is 2. The van der Waals surface area contributed by atoms with E-state index in [4.69, 9.17) is 5.11 Å². The number of nitrogens with one attached hydrogen (secondary N) is 1. The molecule has 0 atom stereocenters. The van der Waals surface area contributed by atoms with Crippen LogP contribution in [0.1, 0.15) is 28.9 Å². The molecule has 0 radical (unpaired) electrons. The maximum Gasteiger partial charge on any atom is 0.339 e. The standard InChI is InChI=1S/C13H17N5O2/c19-13(20)11-7-16-9-17-12(11)8-14-3-1-2-5-18-6-4-15-10-18/h4,6-7,9-10,14H,1-3,5,8H2,(H,19,20). The lowest BCUT2D eigenvalue weighted by atomic mass is 10.2. The molecule has 2 heterocycles. The van der Waals surface area contributed by atoms with Crippen molar-refractivity contribution in [3.8, 4) is 0 Å². The van der Waals surface area contributed by atoms with Crippen molar-refractivity contribution < 1.29 is 9.90 Å². The third-order valence-corrected chi connectivity index (χ3v) is 2.90. The van der Waals surface area contributed by atoms with Crippen LogP contribution in [0, 0.1) is 0 Å². The molecule has 0 aliphatic carbocycles. The largest absolute Gasteiger partial charge is 0.478 e. The zero-order valence-electron chi connectivity index (χ0n) is 11.1. The van der Waals surface area contributed by atoms with Gasteiger partial charge in [-0.2, -0.15) is 0 Å². The fraction of sp³-hybridized carbons (Fsp3) is 0.385. The van der Waals surface area contributed by atoms with Crippen molar-refractivity contribution in [1.82, 2.24) is 24.8 Å². The summed E-state index contributed by atoms with van der Waals surface area (Å²) in [5.74, 6) is -0.998. The summed E-state index contributed by atoms with van der Waals surface area (Å²) in [5, 5.41) is 12.2. The average Bonchev–Trinajstić information content (AvgIpc) is 2.96. The number of rotatable bonds is 8. The predicted molar refractivity (Wildman–Crippen MR) is 72.2 cm³/mol. The molecule has 0 saturated carbocycles. The highest BCUT2D eigenvalue weighted by Crippen LogP contribution is 2.03. The number of unbranched alkanes of at least 4 members (excludes halogenated alkanes) is 1. The first-order valence-electron chi connectivity index (χ1n) is 6.46. The van der Waals surface area contributed by atoms with Crippen molar-refractivity contribution in [3.63, 3.8) is 0 Å². The first-order chi connectivity index (χ1) is 9.77. The van der Waals surface area contributed by atoms with Crippen molar-refractivity contribution in [2.45, 2.75) is 25.9 Å². The van der Waals surface area contributed by atoms with Crippen LogP contribution in [0.5, 0.6) is 0 Å². The van der Waals surface area contributed by atoms with Crippen LogP contribution in [0.3, 0.4) is 0 Å². The Labute approximate surface area is 116 Å². The maximum atomic E-state index is 11.0. The molecule has 2 aromatic rings. The van der Waals surface area contributed by atoms with Gasteiger partial charge < -0.3 is 15.0 Å². The van der Waals surface area contributed by atoms with Gasteiger partial charge in [0.25, 0.3) is 0 Å². The summed E-state index contributed by atoms with van der Waals surface area (Å²) in [6, 6.07) is 0. The van der Waals surface area contributed by atoms with Crippen LogP contribution in [-0.4, -0.2) is 37.1 Å². The number of aromatic nitrogens is 4. The molecular weight excluding hydrogens is 258 g/mol. The van der Waals surface area contributed by atoms with Crippen LogP contribution in [-0.2, 0) is 13.1 Å². The number of hydrogen-bond acceptors (Lipinski definition) is 5. The van der Waals surface area contributed by atoms with E-state index in [-0.39, 0.29) is 5.56 Å². The SMILES string of the molecule is O=C(O)c1cncnc1CNCCCCn1ccnc1. The Hall–Kier alpha value is -2.28. The fourth-order valence-electron chi connectivity index (χ4n) is 1.84. The number of carboxylic acids is 1. The minimum atomic E-state index is -0.998. The van der Waals surface area contributed by atoms with Crippen LogP contribution in [0.2, 0.25) is 0 Å². The molecule has 20 heavy (non-hydrogen) atoms. The van der Waals surface area contributed by atoms with Crippen molar-refractivity contribution in [2.75, 3.05) is 6.54 Å². The Morgan fingerprint density at radius 2 is 2.25 bits per heavy atom. The lowest BCUT2D eigenvalue weighted by molar-refractivity contribution is 0.0694. The summed E-state index contributed by atoms with van der Waals surface area (Å²) in [6.07, 6.45) is 10.2. The highest BCUT2D eigenvalue weighted by molar-refractivity contribution is 5.88. The Kier molecular flexibility index (Phi) is 5.19. The minimum Gasteiger partial charge on any atom is -0.478 e. The Balaban J connectivity index is 1.67. The lowest BCUT2D eigenvalue weighted by Crippen LogP contribution is -2.18. The molecule has 2 aromatic heterocycles. The average molecular weight is 275 g/mol. The van der Waals surface area contributed by atoms with E-state index in [0.29, 0.717) is 12.2 Å². The van der Waals surface area contributed by atoms with E-state index in [1.54, 1.807) is 12.5 Å². The molecule has 0 bridgehead atoms. The number of carboxylic acid groups (broad SMARTS) is 1. The lowest BCUT2D eigenvalue weighted by Gasteiger charge is -2.06. The second kappa shape index (κ2) is 7.34. The number of nitrogens with zero attached hydrogens (tertiary/aromatic N) is 4. The number of carbonyl (C=O) groups is 1. The molecule has 0 amide bonds. The van der Waals surface area contributed by atoms with Crippen LogP contribution < -0.4 is 5.32 Å². The van der Waals surface area contributed by atoms with Crippen LogP contribution >= 0.6 is 0 Å². The van der Waals surface area contributed by atoms with E-state index < -0.39 is 5.97 Å². The summed E-state index contributed by atoms with van der Waals surface area (Å²) < 4.78 is 2.03. The first-order valence-corrected chi connectivity index (χ1v) is 6.46. The van der Waals surface area contributed by atoms with Gasteiger partial charge in [-0.25, -0.2) is 19.7 Å². The van der Waals surface area contributed by atoms with Crippen molar-refractivity contribution >= 4 is 5.97 Å². The third-order valence-electron chi connectivity index (χ3n) is 2.90. The van der Waals surface area contributed by atoms with E-state index >= 15 is 0 Å².